The zero-order valence-electron chi connectivity index (χ0n) is 20.8. The van der Waals surface area contributed by atoms with Crippen LogP contribution in [0.15, 0.2) is 17.5 Å². The smallest absolute Gasteiger partial charge is 0.326 e. The molecule has 16 heteroatoms. The highest BCUT2D eigenvalue weighted by Gasteiger charge is 2.38. The van der Waals surface area contributed by atoms with Crippen molar-refractivity contribution in [3.8, 4) is 0 Å². The number of likely N-dealkylation sites (tertiary alicyclic amines) is 1. The van der Waals surface area contributed by atoms with Crippen molar-refractivity contribution in [2.75, 3.05) is 13.1 Å². The van der Waals surface area contributed by atoms with Crippen molar-refractivity contribution < 1.29 is 34.2 Å². The van der Waals surface area contributed by atoms with E-state index in [9.17, 15) is 29.1 Å². The minimum atomic E-state index is -1.34. The van der Waals surface area contributed by atoms with E-state index in [4.69, 9.17) is 22.3 Å². The Morgan fingerprint density at radius 1 is 1.16 bits per heavy atom. The Balaban J connectivity index is 2.06. The zero-order valence-corrected chi connectivity index (χ0v) is 20.8. The summed E-state index contributed by atoms with van der Waals surface area (Å²) in [7, 11) is 0. The van der Waals surface area contributed by atoms with Crippen molar-refractivity contribution in [1.29, 1.82) is 0 Å². The van der Waals surface area contributed by atoms with E-state index in [-0.39, 0.29) is 44.7 Å². The highest BCUT2D eigenvalue weighted by molar-refractivity contribution is 5.94. The summed E-state index contributed by atoms with van der Waals surface area (Å²) in [5.74, 6) is -4.64. The molecule has 0 bridgehead atoms. The van der Waals surface area contributed by atoms with Gasteiger partial charge in [-0.2, -0.15) is 0 Å². The van der Waals surface area contributed by atoms with Crippen LogP contribution in [0, 0.1) is 0 Å². The van der Waals surface area contributed by atoms with E-state index in [1.54, 1.807) is 0 Å². The van der Waals surface area contributed by atoms with E-state index in [1.807, 2.05) is 0 Å². The fraction of sp³-hybridized carbons (Fsp3) is 0.591. The maximum absolute atomic E-state index is 13.1. The quantitative estimate of drug-likeness (QED) is 0.0644. The van der Waals surface area contributed by atoms with Gasteiger partial charge in [0.15, 0.2) is 5.96 Å². The molecule has 4 unspecified atom stereocenters. The number of nitrogens with two attached hydrogens (primary N) is 3. The topological polar surface area (TPSA) is 272 Å². The van der Waals surface area contributed by atoms with Crippen LogP contribution >= 0.6 is 0 Å². The predicted molar refractivity (Wildman–Crippen MR) is 133 cm³/mol. The number of guanidine groups is 1. The first-order valence-electron chi connectivity index (χ1n) is 12.1. The Bertz CT molecular complexity index is 1010. The van der Waals surface area contributed by atoms with Gasteiger partial charge in [0.1, 0.15) is 18.1 Å². The van der Waals surface area contributed by atoms with Gasteiger partial charge in [0, 0.05) is 37.8 Å². The predicted octanol–water partition coefficient (Wildman–Crippen LogP) is -2.76. The molecule has 0 saturated carbocycles. The van der Waals surface area contributed by atoms with E-state index >= 15 is 0 Å². The molecule has 0 radical (unpaired) electrons. The third-order valence-corrected chi connectivity index (χ3v) is 5.99. The van der Waals surface area contributed by atoms with Gasteiger partial charge in [-0.25, -0.2) is 9.78 Å². The molecule has 1 fully saturated rings. The number of nitrogens with zero attached hydrogens (tertiary/aromatic N) is 3. The van der Waals surface area contributed by atoms with E-state index in [0.29, 0.717) is 18.5 Å². The number of aromatic nitrogens is 2. The van der Waals surface area contributed by atoms with Crippen LogP contribution < -0.4 is 27.8 Å². The largest absolute Gasteiger partial charge is 0.481 e. The number of amides is 3. The number of carbonyl (C=O) groups excluding carboxylic acids is 3. The lowest BCUT2D eigenvalue weighted by Gasteiger charge is -2.28. The first-order chi connectivity index (χ1) is 18.0. The first-order valence-corrected chi connectivity index (χ1v) is 12.1. The van der Waals surface area contributed by atoms with Gasteiger partial charge >= 0.3 is 11.9 Å². The standard InChI is InChI=1S/C22H35N9O7/c23-13(9-12-10-26-11-28-12)20(36)31-8-2-4-16(31)19(35)29-14(5-6-17(32)33)18(34)30-15(21(37)38)3-1-7-27-22(24)25/h10-11,13-16H,1-9,23H2,(H,26,28)(H,29,35)(H,30,34)(H,32,33)(H,37,38)(H4,24,25,27). The van der Waals surface area contributed by atoms with E-state index in [0.717, 1.165) is 0 Å². The van der Waals surface area contributed by atoms with Gasteiger partial charge in [-0.05, 0) is 32.1 Å². The number of carboxylic acid groups (broad SMARTS) is 2. The number of aliphatic carboxylic acids is 2. The van der Waals surface area contributed by atoms with Crippen LogP contribution in [0.4, 0.5) is 0 Å². The highest BCUT2D eigenvalue weighted by atomic mass is 16.4. The summed E-state index contributed by atoms with van der Waals surface area (Å²) in [4.78, 5) is 73.6. The number of rotatable bonds is 15. The average Bonchev–Trinajstić information content (AvgIpc) is 3.54. The van der Waals surface area contributed by atoms with Gasteiger partial charge in [0.2, 0.25) is 17.7 Å². The number of H-pyrrole nitrogens is 1. The Morgan fingerprint density at radius 2 is 1.89 bits per heavy atom. The molecule has 3 amide bonds. The molecule has 210 valence electrons. The third-order valence-electron chi connectivity index (χ3n) is 5.99. The van der Waals surface area contributed by atoms with Crippen molar-refractivity contribution >= 4 is 35.6 Å². The number of carbonyl (C=O) groups is 5. The molecule has 1 aliphatic heterocycles. The van der Waals surface area contributed by atoms with Gasteiger partial charge in [0.05, 0.1) is 12.4 Å². The molecule has 2 heterocycles. The van der Waals surface area contributed by atoms with Crippen LogP contribution in [0.1, 0.15) is 44.2 Å². The fourth-order valence-electron chi connectivity index (χ4n) is 4.07. The fourth-order valence-corrected chi connectivity index (χ4v) is 4.07. The lowest BCUT2D eigenvalue weighted by atomic mass is 10.1. The second-order valence-corrected chi connectivity index (χ2v) is 8.92. The number of carboxylic acids is 2. The lowest BCUT2D eigenvalue weighted by molar-refractivity contribution is -0.144. The van der Waals surface area contributed by atoms with Gasteiger partial charge in [0.25, 0.3) is 0 Å². The number of aromatic amines is 1. The van der Waals surface area contributed by atoms with Crippen LogP contribution in [0.2, 0.25) is 0 Å². The van der Waals surface area contributed by atoms with Crippen LogP contribution in [0.25, 0.3) is 0 Å². The minimum Gasteiger partial charge on any atom is -0.481 e. The van der Waals surface area contributed by atoms with Gasteiger partial charge in [-0.1, -0.05) is 0 Å². The summed E-state index contributed by atoms with van der Waals surface area (Å²) >= 11 is 0. The number of nitrogens with one attached hydrogen (secondary N) is 3. The maximum atomic E-state index is 13.1. The first kappa shape index (κ1) is 30.0. The van der Waals surface area contributed by atoms with Crippen molar-refractivity contribution in [2.24, 2.45) is 22.2 Å². The second-order valence-electron chi connectivity index (χ2n) is 8.92. The van der Waals surface area contributed by atoms with E-state index in [1.165, 1.54) is 17.4 Å². The Hall–Kier alpha value is -4.21. The van der Waals surface area contributed by atoms with Crippen LogP contribution in [0.3, 0.4) is 0 Å². The molecular weight excluding hydrogens is 502 g/mol. The second kappa shape index (κ2) is 14.5. The highest BCUT2D eigenvalue weighted by Crippen LogP contribution is 2.19. The number of hydrogen-bond acceptors (Lipinski definition) is 8. The average molecular weight is 538 g/mol. The van der Waals surface area contributed by atoms with Crippen molar-refractivity contribution in [2.45, 2.75) is 69.1 Å². The summed E-state index contributed by atoms with van der Waals surface area (Å²) in [6.07, 6.45) is 3.55. The SMILES string of the molecule is NC(N)=NCCCC(NC(=O)C(CCC(=O)O)NC(=O)C1CCCN1C(=O)C(N)Cc1cnc[nH]1)C(=O)O. The normalized spacial score (nSPS) is 17.2. The van der Waals surface area contributed by atoms with E-state index < -0.39 is 60.2 Å². The molecule has 0 aliphatic carbocycles. The summed E-state index contributed by atoms with van der Waals surface area (Å²) in [5.41, 5.74) is 17.2. The van der Waals surface area contributed by atoms with Gasteiger partial charge < -0.3 is 47.9 Å². The number of aliphatic imine (C=N–C) groups is 1. The third kappa shape index (κ3) is 9.34. The van der Waals surface area contributed by atoms with Crippen LogP contribution in [-0.4, -0.2) is 98.0 Å². The van der Waals surface area contributed by atoms with Crippen molar-refractivity contribution in [3.63, 3.8) is 0 Å². The molecule has 16 nitrogen and oxygen atoms in total. The van der Waals surface area contributed by atoms with Crippen LogP contribution in [-0.2, 0) is 30.4 Å². The van der Waals surface area contributed by atoms with Crippen molar-refractivity contribution in [1.82, 2.24) is 25.5 Å². The minimum absolute atomic E-state index is 0.00340. The Labute approximate surface area is 218 Å². The summed E-state index contributed by atoms with van der Waals surface area (Å²) in [6.45, 7) is 0.436. The van der Waals surface area contributed by atoms with Crippen molar-refractivity contribution in [3.05, 3.63) is 18.2 Å². The van der Waals surface area contributed by atoms with Gasteiger partial charge in [-0.3, -0.25) is 24.2 Å². The number of hydrogen-bond donors (Lipinski definition) is 8. The molecule has 1 aromatic rings. The summed E-state index contributed by atoms with van der Waals surface area (Å²) in [6, 6.07) is -4.49. The molecular formula is C22H35N9O7. The lowest BCUT2D eigenvalue weighted by Crippen LogP contribution is -2.56. The summed E-state index contributed by atoms with van der Waals surface area (Å²) in [5, 5.41) is 23.4. The Morgan fingerprint density at radius 3 is 2.50 bits per heavy atom. The monoisotopic (exact) mass is 537 g/mol. The molecule has 11 N–H and O–H groups in total. The molecule has 1 saturated heterocycles. The molecule has 1 aromatic heterocycles. The molecule has 0 aromatic carbocycles. The molecule has 38 heavy (non-hydrogen) atoms. The Kier molecular flexibility index (Phi) is 11.5. The summed E-state index contributed by atoms with van der Waals surface area (Å²) < 4.78 is 0. The van der Waals surface area contributed by atoms with E-state index in [2.05, 4.69) is 25.6 Å². The molecule has 4 atom stereocenters. The number of imidazole rings is 1. The van der Waals surface area contributed by atoms with Crippen LogP contribution in [0.5, 0.6) is 0 Å². The molecule has 2 rings (SSSR count). The molecule has 0 spiro atoms. The maximum Gasteiger partial charge on any atom is 0.326 e. The molecule has 1 aliphatic rings. The zero-order chi connectivity index (χ0) is 28.2. The van der Waals surface area contributed by atoms with Gasteiger partial charge in [-0.15, -0.1) is 0 Å².